The van der Waals surface area contributed by atoms with Crippen molar-refractivity contribution in [2.75, 3.05) is 13.1 Å². The molecule has 4 nitrogen and oxygen atoms in total. The maximum atomic E-state index is 13.1. The largest absolute Gasteiger partial charge is 0.351 e. The van der Waals surface area contributed by atoms with Crippen LogP contribution in [0.15, 0.2) is 24.3 Å². The number of amides is 2. The molecule has 0 aromatic heterocycles. The van der Waals surface area contributed by atoms with Crippen molar-refractivity contribution in [3.63, 3.8) is 0 Å². The molecule has 1 aromatic carbocycles. The van der Waals surface area contributed by atoms with Gasteiger partial charge in [-0.1, -0.05) is 51.0 Å². The molecule has 2 atom stereocenters. The number of likely N-dealkylation sites (tertiary alicyclic amines) is 1. The van der Waals surface area contributed by atoms with E-state index in [2.05, 4.69) is 41.4 Å². The lowest BCUT2D eigenvalue weighted by molar-refractivity contribution is -0.138. The summed E-state index contributed by atoms with van der Waals surface area (Å²) in [7, 11) is 0. The van der Waals surface area contributed by atoms with Gasteiger partial charge in [0.15, 0.2) is 0 Å². The Morgan fingerprint density at radius 2 is 1.79 bits per heavy atom. The van der Waals surface area contributed by atoms with Gasteiger partial charge in [0.05, 0.1) is 0 Å². The highest BCUT2D eigenvalue weighted by Crippen LogP contribution is 2.45. The summed E-state index contributed by atoms with van der Waals surface area (Å²) < 4.78 is 0. The highest BCUT2D eigenvalue weighted by atomic mass is 16.2. The van der Waals surface area contributed by atoms with Gasteiger partial charge in [-0.05, 0) is 49.7 Å². The minimum absolute atomic E-state index is 0.0554. The second-order valence-corrected chi connectivity index (χ2v) is 9.48. The normalized spacial score (nSPS) is 26.9. The molecule has 2 aliphatic carbocycles. The zero-order chi connectivity index (χ0) is 19.7. The fourth-order valence-corrected chi connectivity index (χ4v) is 4.86. The van der Waals surface area contributed by atoms with Crippen LogP contribution in [0.2, 0.25) is 0 Å². The molecule has 3 fully saturated rings. The van der Waals surface area contributed by atoms with Crippen molar-refractivity contribution in [3.8, 4) is 0 Å². The number of aryl methyl sites for hydroxylation is 1. The van der Waals surface area contributed by atoms with Crippen molar-refractivity contribution in [1.29, 1.82) is 0 Å². The Balaban J connectivity index is 1.50. The number of hydrogen-bond donors (Lipinski definition) is 1. The molecule has 1 heterocycles. The molecule has 0 radical (unpaired) electrons. The molecule has 1 aliphatic heterocycles. The van der Waals surface area contributed by atoms with Crippen LogP contribution in [0, 0.1) is 11.3 Å². The summed E-state index contributed by atoms with van der Waals surface area (Å²) in [5.74, 6) is 0.970. The van der Waals surface area contributed by atoms with Crippen LogP contribution in [0.1, 0.15) is 75.8 Å². The van der Waals surface area contributed by atoms with Crippen molar-refractivity contribution in [2.45, 2.75) is 77.2 Å². The predicted octanol–water partition coefficient (Wildman–Crippen LogP) is 4.04. The minimum atomic E-state index is -0.171. The highest BCUT2D eigenvalue weighted by molar-refractivity contribution is 5.85. The Hall–Kier alpha value is -1.84. The molecule has 2 saturated carbocycles. The molecule has 3 aliphatic rings. The van der Waals surface area contributed by atoms with Crippen molar-refractivity contribution in [1.82, 2.24) is 10.2 Å². The van der Waals surface area contributed by atoms with Gasteiger partial charge < -0.3 is 10.2 Å². The summed E-state index contributed by atoms with van der Waals surface area (Å²) in [5, 5.41) is 3.29. The third-order valence-corrected chi connectivity index (χ3v) is 7.21. The van der Waals surface area contributed by atoms with Crippen LogP contribution in [-0.2, 0) is 16.0 Å². The standard InChI is InChI=1S/C24H34N2O2/c1-3-17-8-10-18(11-9-17)20-14-21(25-23(28)24(2)12-13-24)16-26(15-20)22(27)19-6-4-5-7-19/h8-11,19-21H,3-7,12-16H2,1-2H3,(H,25,28). The Morgan fingerprint density at radius 3 is 2.39 bits per heavy atom. The van der Waals surface area contributed by atoms with Crippen LogP contribution in [0.25, 0.3) is 0 Å². The molecular weight excluding hydrogens is 348 g/mol. The van der Waals surface area contributed by atoms with Crippen LogP contribution in [-0.4, -0.2) is 35.8 Å². The second kappa shape index (κ2) is 7.88. The SMILES string of the molecule is CCc1ccc(C2CC(NC(=O)C3(C)CC3)CN(C(=O)C3CCCC3)C2)cc1. The Labute approximate surface area is 169 Å². The number of nitrogens with one attached hydrogen (secondary N) is 1. The average molecular weight is 383 g/mol. The maximum absolute atomic E-state index is 13.1. The highest BCUT2D eigenvalue weighted by Gasteiger charge is 2.46. The van der Waals surface area contributed by atoms with Gasteiger partial charge in [-0.15, -0.1) is 0 Å². The number of hydrogen-bond acceptors (Lipinski definition) is 2. The number of piperidine rings is 1. The second-order valence-electron chi connectivity index (χ2n) is 9.48. The van der Waals surface area contributed by atoms with Gasteiger partial charge >= 0.3 is 0 Å². The van der Waals surface area contributed by atoms with Crippen LogP contribution >= 0.6 is 0 Å². The van der Waals surface area contributed by atoms with E-state index in [1.807, 2.05) is 6.92 Å². The molecule has 1 N–H and O–H groups in total. The molecule has 2 unspecified atom stereocenters. The number of rotatable bonds is 5. The molecule has 0 spiro atoms. The smallest absolute Gasteiger partial charge is 0.226 e. The van der Waals surface area contributed by atoms with E-state index in [4.69, 9.17) is 0 Å². The monoisotopic (exact) mass is 382 g/mol. The average Bonchev–Trinajstić information content (AvgIpc) is 3.25. The van der Waals surface area contributed by atoms with E-state index < -0.39 is 0 Å². The van der Waals surface area contributed by atoms with E-state index >= 15 is 0 Å². The number of carbonyl (C=O) groups is 2. The van der Waals surface area contributed by atoms with Gasteiger partial charge in [0.2, 0.25) is 11.8 Å². The van der Waals surface area contributed by atoms with Crippen LogP contribution in [0.5, 0.6) is 0 Å². The summed E-state index contributed by atoms with van der Waals surface area (Å²) >= 11 is 0. The van der Waals surface area contributed by atoms with E-state index in [0.717, 1.165) is 45.1 Å². The summed E-state index contributed by atoms with van der Waals surface area (Å²) in [6, 6.07) is 8.89. The van der Waals surface area contributed by atoms with E-state index in [9.17, 15) is 9.59 Å². The van der Waals surface area contributed by atoms with E-state index in [1.54, 1.807) is 0 Å². The maximum Gasteiger partial charge on any atom is 0.226 e. The van der Waals surface area contributed by atoms with Crippen LogP contribution in [0.4, 0.5) is 0 Å². The summed E-state index contributed by atoms with van der Waals surface area (Å²) in [6.45, 7) is 5.67. The first-order chi connectivity index (χ1) is 13.5. The fourth-order valence-electron chi connectivity index (χ4n) is 4.86. The summed E-state index contributed by atoms with van der Waals surface area (Å²) in [5.41, 5.74) is 2.46. The predicted molar refractivity (Wildman–Crippen MR) is 111 cm³/mol. The third kappa shape index (κ3) is 4.11. The molecule has 2 amide bonds. The molecule has 1 aromatic rings. The van der Waals surface area contributed by atoms with E-state index in [1.165, 1.54) is 24.0 Å². The number of carbonyl (C=O) groups excluding carboxylic acids is 2. The van der Waals surface area contributed by atoms with Gasteiger partial charge in [-0.25, -0.2) is 0 Å². The quantitative estimate of drug-likeness (QED) is 0.835. The van der Waals surface area contributed by atoms with Crippen LogP contribution in [0.3, 0.4) is 0 Å². The molecule has 4 rings (SSSR count). The summed E-state index contributed by atoms with van der Waals surface area (Å²) in [4.78, 5) is 27.8. The summed E-state index contributed by atoms with van der Waals surface area (Å²) in [6.07, 6.45) is 8.32. The van der Waals surface area contributed by atoms with Gasteiger partial charge in [-0.3, -0.25) is 9.59 Å². The molecule has 4 heteroatoms. The van der Waals surface area contributed by atoms with Gasteiger partial charge in [-0.2, -0.15) is 0 Å². The van der Waals surface area contributed by atoms with Crippen LogP contribution < -0.4 is 5.32 Å². The topological polar surface area (TPSA) is 49.4 Å². The van der Waals surface area contributed by atoms with Gasteiger partial charge in [0.25, 0.3) is 0 Å². The Morgan fingerprint density at radius 1 is 1.11 bits per heavy atom. The molecule has 28 heavy (non-hydrogen) atoms. The van der Waals surface area contributed by atoms with E-state index in [0.29, 0.717) is 18.4 Å². The molecule has 1 saturated heterocycles. The first-order valence-electron chi connectivity index (χ1n) is 11.2. The molecule has 152 valence electrons. The first-order valence-corrected chi connectivity index (χ1v) is 11.2. The lowest BCUT2D eigenvalue weighted by Gasteiger charge is -2.40. The van der Waals surface area contributed by atoms with Gasteiger partial charge in [0.1, 0.15) is 0 Å². The lowest BCUT2D eigenvalue weighted by atomic mass is 9.86. The Kier molecular flexibility index (Phi) is 5.48. The first kappa shape index (κ1) is 19.5. The molecule has 0 bridgehead atoms. The lowest BCUT2D eigenvalue weighted by Crippen LogP contribution is -2.54. The van der Waals surface area contributed by atoms with Crippen molar-refractivity contribution in [2.24, 2.45) is 11.3 Å². The van der Waals surface area contributed by atoms with Gasteiger partial charge in [0, 0.05) is 36.4 Å². The third-order valence-electron chi connectivity index (χ3n) is 7.21. The minimum Gasteiger partial charge on any atom is -0.351 e. The zero-order valence-electron chi connectivity index (χ0n) is 17.4. The fraction of sp³-hybridized carbons (Fsp3) is 0.667. The van der Waals surface area contributed by atoms with Crippen molar-refractivity contribution >= 4 is 11.8 Å². The van der Waals surface area contributed by atoms with Crippen molar-refractivity contribution < 1.29 is 9.59 Å². The zero-order valence-corrected chi connectivity index (χ0v) is 17.4. The van der Waals surface area contributed by atoms with Crippen molar-refractivity contribution in [3.05, 3.63) is 35.4 Å². The van der Waals surface area contributed by atoms with E-state index in [-0.39, 0.29) is 23.3 Å². The Bertz CT molecular complexity index is 717. The molecular formula is C24H34N2O2. The number of nitrogens with zero attached hydrogens (tertiary/aromatic N) is 1. The number of benzene rings is 1.